The lowest BCUT2D eigenvalue weighted by molar-refractivity contribution is -0.121. The Hall–Kier alpha value is -1.11. The molecule has 0 unspecified atom stereocenters. The molecule has 1 nitrogen and oxygen atoms in total. The van der Waals surface area contributed by atoms with Gasteiger partial charge in [-0.3, -0.25) is 4.79 Å². The van der Waals surface area contributed by atoms with Crippen molar-refractivity contribution in [2.75, 3.05) is 0 Å². The van der Waals surface area contributed by atoms with Gasteiger partial charge in [0.1, 0.15) is 5.78 Å². The minimum atomic E-state index is 0.00773. The standard InChI is InChI=1S/C13H16O/c1-10-4-3-5-12(8-10)9-13(6-7-13)11(2)14/h3-5,8H,6-7,9H2,1-2H3. The van der Waals surface area contributed by atoms with Crippen LogP contribution >= 0.6 is 0 Å². The first kappa shape index (κ1) is 9.45. The van der Waals surface area contributed by atoms with Crippen molar-refractivity contribution in [2.45, 2.75) is 33.1 Å². The second-order valence-electron chi connectivity index (χ2n) is 4.50. The van der Waals surface area contributed by atoms with Crippen LogP contribution in [-0.2, 0) is 11.2 Å². The van der Waals surface area contributed by atoms with E-state index in [1.54, 1.807) is 6.92 Å². The Morgan fingerprint density at radius 1 is 1.43 bits per heavy atom. The van der Waals surface area contributed by atoms with Crippen LogP contribution in [0.3, 0.4) is 0 Å². The highest BCUT2D eigenvalue weighted by Crippen LogP contribution is 2.49. The molecule has 1 aliphatic carbocycles. The molecule has 1 aromatic carbocycles. The first-order valence-electron chi connectivity index (χ1n) is 5.19. The number of carbonyl (C=O) groups is 1. The number of hydrogen-bond acceptors (Lipinski definition) is 1. The van der Waals surface area contributed by atoms with E-state index < -0.39 is 0 Å². The van der Waals surface area contributed by atoms with Crippen LogP contribution in [0.15, 0.2) is 24.3 Å². The summed E-state index contributed by atoms with van der Waals surface area (Å²) in [6.07, 6.45) is 3.09. The Kier molecular flexibility index (Phi) is 2.18. The predicted octanol–water partition coefficient (Wildman–Crippen LogP) is 2.91. The van der Waals surface area contributed by atoms with Gasteiger partial charge in [0.25, 0.3) is 0 Å². The molecule has 0 amide bonds. The van der Waals surface area contributed by atoms with Crippen molar-refractivity contribution >= 4 is 5.78 Å². The van der Waals surface area contributed by atoms with Crippen molar-refractivity contribution in [3.63, 3.8) is 0 Å². The number of rotatable bonds is 3. The highest BCUT2D eigenvalue weighted by molar-refractivity contribution is 5.85. The van der Waals surface area contributed by atoms with Crippen molar-refractivity contribution in [1.82, 2.24) is 0 Å². The molecule has 1 fully saturated rings. The molecular weight excluding hydrogens is 172 g/mol. The summed E-state index contributed by atoms with van der Waals surface area (Å²) in [5.41, 5.74) is 2.59. The smallest absolute Gasteiger partial charge is 0.136 e. The van der Waals surface area contributed by atoms with E-state index in [4.69, 9.17) is 0 Å². The van der Waals surface area contributed by atoms with Crippen LogP contribution in [0.2, 0.25) is 0 Å². The van der Waals surface area contributed by atoms with E-state index >= 15 is 0 Å². The van der Waals surface area contributed by atoms with Gasteiger partial charge in [-0.1, -0.05) is 29.8 Å². The van der Waals surface area contributed by atoms with E-state index in [1.807, 2.05) is 0 Å². The topological polar surface area (TPSA) is 17.1 Å². The fourth-order valence-electron chi connectivity index (χ4n) is 2.02. The highest BCUT2D eigenvalue weighted by Gasteiger charge is 2.46. The molecule has 0 bridgehead atoms. The molecule has 1 aliphatic rings. The second kappa shape index (κ2) is 3.23. The third-order valence-corrected chi connectivity index (χ3v) is 3.23. The minimum absolute atomic E-state index is 0.00773. The maximum absolute atomic E-state index is 11.4. The molecule has 0 heterocycles. The fraction of sp³-hybridized carbons (Fsp3) is 0.462. The first-order chi connectivity index (χ1) is 6.62. The van der Waals surface area contributed by atoms with Gasteiger partial charge < -0.3 is 0 Å². The molecule has 0 N–H and O–H groups in total. The van der Waals surface area contributed by atoms with Gasteiger partial charge in [0.15, 0.2) is 0 Å². The Balaban J connectivity index is 2.15. The third-order valence-electron chi connectivity index (χ3n) is 3.23. The highest BCUT2D eigenvalue weighted by atomic mass is 16.1. The van der Waals surface area contributed by atoms with E-state index in [1.165, 1.54) is 11.1 Å². The fourth-order valence-corrected chi connectivity index (χ4v) is 2.02. The average molecular weight is 188 g/mol. The first-order valence-corrected chi connectivity index (χ1v) is 5.19. The molecule has 1 aromatic rings. The van der Waals surface area contributed by atoms with E-state index in [9.17, 15) is 4.79 Å². The maximum atomic E-state index is 11.4. The summed E-state index contributed by atoms with van der Waals surface area (Å²) < 4.78 is 0. The zero-order chi connectivity index (χ0) is 10.2. The normalized spacial score (nSPS) is 17.9. The van der Waals surface area contributed by atoms with E-state index in [2.05, 4.69) is 31.2 Å². The summed E-state index contributed by atoms with van der Waals surface area (Å²) in [7, 11) is 0. The monoisotopic (exact) mass is 188 g/mol. The molecule has 0 aliphatic heterocycles. The van der Waals surface area contributed by atoms with Crippen LogP contribution in [0.1, 0.15) is 30.9 Å². The van der Waals surface area contributed by atoms with Crippen molar-refractivity contribution in [3.05, 3.63) is 35.4 Å². The lowest BCUT2D eigenvalue weighted by Crippen LogP contribution is -2.14. The quantitative estimate of drug-likeness (QED) is 0.712. The molecule has 2 rings (SSSR count). The van der Waals surface area contributed by atoms with Crippen LogP contribution in [-0.4, -0.2) is 5.78 Å². The van der Waals surface area contributed by atoms with Crippen molar-refractivity contribution in [1.29, 1.82) is 0 Å². The van der Waals surface area contributed by atoms with Crippen LogP contribution < -0.4 is 0 Å². The van der Waals surface area contributed by atoms with Crippen LogP contribution in [0.25, 0.3) is 0 Å². The Labute approximate surface area is 85.1 Å². The van der Waals surface area contributed by atoms with Crippen LogP contribution in [0.4, 0.5) is 0 Å². The third kappa shape index (κ3) is 1.72. The van der Waals surface area contributed by atoms with Gasteiger partial charge in [-0.25, -0.2) is 0 Å². The van der Waals surface area contributed by atoms with Gasteiger partial charge in [0, 0.05) is 5.41 Å². The van der Waals surface area contributed by atoms with Gasteiger partial charge in [0.05, 0.1) is 0 Å². The van der Waals surface area contributed by atoms with Gasteiger partial charge in [-0.15, -0.1) is 0 Å². The Bertz CT molecular complexity index is 361. The molecule has 0 atom stereocenters. The lowest BCUT2D eigenvalue weighted by atomic mass is 9.92. The summed E-state index contributed by atoms with van der Waals surface area (Å²) in [5, 5.41) is 0. The number of ketones is 1. The van der Waals surface area contributed by atoms with E-state index in [0.29, 0.717) is 5.78 Å². The summed E-state index contributed by atoms with van der Waals surface area (Å²) in [6, 6.07) is 8.47. The summed E-state index contributed by atoms with van der Waals surface area (Å²) in [5.74, 6) is 0.360. The van der Waals surface area contributed by atoms with Crippen molar-refractivity contribution < 1.29 is 4.79 Å². The average Bonchev–Trinajstić information content (AvgIpc) is 2.85. The summed E-state index contributed by atoms with van der Waals surface area (Å²) >= 11 is 0. The minimum Gasteiger partial charge on any atom is -0.299 e. The molecule has 0 aromatic heterocycles. The molecule has 0 radical (unpaired) electrons. The molecular formula is C13H16O. The zero-order valence-corrected chi connectivity index (χ0v) is 8.84. The molecule has 1 saturated carbocycles. The number of aryl methyl sites for hydroxylation is 1. The lowest BCUT2D eigenvalue weighted by Gasteiger charge is -2.11. The van der Waals surface area contributed by atoms with Crippen LogP contribution in [0, 0.1) is 12.3 Å². The van der Waals surface area contributed by atoms with Crippen molar-refractivity contribution in [2.24, 2.45) is 5.41 Å². The SMILES string of the molecule is CC(=O)C1(Cc2cccc(C)c2)CC1. The predicted molar refractivity (Wildman–Crippen MR) is 57.2 cm³/mol. The van der Waals surface area contributed by atoms with Gasteiger partial charge in [-0.2, -0.15) is 0 Å². The van der Waals surface area contributed by atoms with Crippen molar-refractivity contribution in [3.8, 4) is 0 Å². The molecule has 74 valence electrons. The molecule has 0 saturated heterocycles. The maximum Gasteiger partial charge on any atom is 0.136 e. The van der Waals surface area contributed by atoms with E-state index in [0.717, 1.165) is 19.3 Å². The number of carbonyl (C=O) groups excluding carboxylic acids is 1. The Morgan fingerprint density at radius 2 is 2.14 bits per heavy atom. The summed E-state index contributed by atoms with van der Waals surface area (Å²) in [6.45, 7) is 3.82. The second-order valence-corrected chi connectivity index (χ2v) is 4.50. The van der Waals surface area contributed by atoms with Gasteiger partial charge >= 0.3 is 0 Å². The van der Waals surface area contributed by atoms with Gasteiger partial charge in [0.2, 0.25) is 0 Å². The number of hydrogen-bond donors (Lipinski definition) is 0. The van der Waals surface area contributed by atoms with Crippen LogP contribution in [0.5, 0.6) is 0 Å². The largest absolute Gasteiger partial charge is 0.299 e. The number of Topliss-reactive ketones (excluding diaryl/α,β-unsaturated/α-hetero) is 1. The molecule has 1 heteroatoms. The number of benzene rings is 1. The van der Waals surface area contributed by atoms with Gasteiger partial charge in [-0.05, 0) is 38.7 Å². The summed E-state index contributed by atoms with van der Waals surface area (Å²) in [4.78, 5) is 11.4. The van der Waals surface area contributed by atoms with E-state index in [-0.39, 0.29) is 5.41 Å². The Morgan fingerprint density at radius 3 is 2.64 bits per heavy atom. The molecule has 14 heavy (non-hydrogen) atoms. The zero-order valence-electron chi connectivity index (χ0n) is 8.84. The molecule has 0 spiro atoms.